The number of aryl methyl sites for hydroxylation is 1. The summed E-state index contributed by atoms with van der Waals surface area (Å²) in [6, 6.07) is 13.2. The Bertz CT molecular complexity index is 802. The van der Waals surface area contributed by atoms with E-state index in [2.05, 4.69) is 11.9 Å². The Morgan fingerprint density at radius 3 is 2.86 bits per heavy atom. The van der Waals surface area contributed by atoms with Gasteiger partial charge >= 0.3 is 0 Å². The number of nitrogens with zero attached hydrogens (tertiary/aromatic N) is 1. The molecule has 0 spiro atoms. The van der Waals surface area contributed by atoms with Crippen molar-refractivity contribution in [2.24, 2.45) is 0 Å². The summed E-state index contributed by atoms with van der Waals surface area (Å²) in [6.07, 6.45) is 2.58. The average molecular weight is 299 g/mol. The lowest BCUT2D eigenvalue weighted by Gasteiger charge is -2.11. The first-order valence-electron chi connectivity index (χ1n) is 6.78. The van der Waals surface area contributed by atoms with Crippen molar-refractivity contribution in [3.05, 3.63) is 59.2 Å². The summed E-state index contributed by atoms with van der Waals surface area (Å²) < 4.78 is 5.99. The lowest BCUT2D eigenvalue weighted by Crippen LogP contribution is -1.93. The number of pyridine rings is 1. The smallest absolute Gasteiger partial charge is 0.136 e. The molecule has 1 aromatic heterocycles. The zero-order chi connectivity index (χ0) is 14.8. The van der Waals surface area contributed by atoms with Crippen molar-refractivity contribution in [2.75, 3.05) is 5.73 Å². The van der Waals surface area contributed by atoms with E-state index in [1.54, 1.807) is 12.3 Å². The van der Waals surface area contributed by atoms with Gasteiger partial charge in [-0.25, -0.2) is 0 Å². The molecule has 0 atom stereocenters. The minimum absolute atomic E-state index is 0.642. The summed E-state index contributed by atoms with van der Waals surface area (Å²) in [6.45, 7) is 2.06. The van der Waals surface area contributed by atoms with Gasteiger partial charge in [0, 0.05) is 16.6 Å². The summed E-state index contributed by atoms with van der Waals surface area (Å²) in [4.78, 5) is 4.30. The Kier molecular flexibility index (Phi) is 3.67. The molecule has 2 N–H and O–H groups in total. The molecule has 3 nitrogen and oxygen atoms in total. The van der Waals surface area contributed by atoms with E-state index in [0.29, 0.717) is 5.69 Å². The molecule has 0 fully saturated rings. The fourth-order valence-corrected chi connectivity index (χ4v) is 2.52. The number of anilines is 1. The Hall–Kier alpha value is -2.26. The first kappa shape index (κ1) is 13.7. The van der Waals surface area contributed by atoms with E-state index in [0.717, 1.165) is 39.4 Å². The molecule has 21 heavy (non-hydrogen) atoms. The molecule has 0 aliphatic rings. The van der Waals surface area contributed by atoms with Crippen LogP contribution in [0.3, 0.4) is 0 Å². The van der Waals surface area contributed by atoms with Crippen LogP contribution in [0.15, 0.2) is 48.7 Å². The second-order valence-corrected chi connectivity index (χ2v) is 5.17. The van der Waals surface area contributed by atoms with Gasteiger partial charge in [-0.1, -0.05) is 18.5 Å². The number of rotatable bonds is 3. The predicted molar refractivity (Wildman–Crippen MR) is 87.1 cm³/mol. The SMILES string of the molecule is CCc1cc(Oc2ccc(N)c3ncccc23)ccc1Cl. The molecule has 3 rings (SSSR count). The highest BCUT2D eigenvalue weighted by molar-refractivity contribution is 6.31. The number of halogens is 1. The molecule has 0 radical (unpaired) electrons. The molecule has 0 unspecified atom stereocenters. The summed E-state index contributed by atoms with van der Waals surface area (Å²) in [5.41, 5.74) is 8.40. The van der Waals surface area contributed by atoms with Crippen LogP contribution in [0.25, 0.3) is 10.9 Å². The van der Waals surface area contributed by atoms with Crippen LogP contribution >= 0.6 is 11.6 Å². The van der Waals surface area contributed by atoms with Gasteiger partial charge in [0.25, 0.3) is 0 Å². The van der Waals surface area contributed by atoms with Crippen LogP contribution < -0.4 is 10.5 Å². The third-order valence-electron chi connectivity index (χ3n) is 3.39. The number of hydrogen-bond donors (Lipinski definition) is 1. The molecule has 0 bridgehead atoms. The van der Waals surface area contributed by atoms with Crippen molar-refractivity contribution in [3.63, 3.8) is 0 Å². The lowest BCUT2D eigenvalue weighted by atomic mass is 10.1. The molecule has 0 aliphatic carbocycles. The number of benzene rings is 2. The van der Waals surface area contributed by atoms with Crippen LogP contribution in [0.4, 0.5) is 5.69 Å². The van der Waals surface area contributed by atoms with Crippen molar-refractivity contribution >= 4 is 28.2 Å². The normalized spacial score (nSPS) is 10.8. The molecular formula is C17H15ClN2O. The maximum Gasteiger partial charge on any atom is 0.136 e. The first-order valence-corrected chi connectivity index (χ1v) is 7.16. The monoisotopic (exact) mass is 298 g/mol. The number of hydrogen-bond acceptors (Lipinski definition) is 3. The second-order valence-electron chi connectivity index (χ2n) is 4.76. The van der Waals surface area contributed by atoms with Gasteiger partial charge in [0.2, 0.25) is 0 Å². The molecule has 0 saturated carbocycles. The summed E-state index contributed by atoms with van der Waals surface area (Å²) in [5, 5.41) is 1.65. The van der Waals surface area contributed by atoms with Crippen LogP contribution in [0, 0.1) is 0 Å². The van der Waals surface area contributed by atoms with Crippen molar-refractivity contribution < 1.29 is 4.74 Å². The zero-order valence-electron chi connectivity index (χ0n) is 11.6. The number of fused-ring (bicyclic) bond motifs is 1. The van der Waals surface area contributed by atoms with Gasteiger partial charge in [-0.2, -0.15) is 0 Å². The van der Waals surface area contributed by atoms with Crippen LogP contribution in [-0.4, -0.2) is 4.98 Å². The zero-order valence-corrected chi connectivity index (χ0v) is 12.4. The van der Waals surface area contributed by atoms with Gasteiger partial charge in [0.05, 0.1) is 11.2 Å². The molecule has 106 valence electrons. The van der Waals surface area contributed by atoms with Crippen molar-refractivity contribution in [1.82, 2.24) is 4.98 Å². The van der Waals surface area contributed by atoms with E-state index in [9.17, 15) is 0 Å². The Morgan fingerprint density at radius 1 is 1.19 bits per heavy atom. The van der Waals surface area contributed by atoms with E-state index in [4.69, 9.17) is 22.1 Å². The first-order chi connectivity index (χ1) is 10.2. The lowest BCUT2D eigenvalue weighted by molar-refractivity contribution is 0.487. The quantitative estimate of drug-likeness (QED) is 0.705. The van der Waals surface area contributed by atoms with Crippen molar-refractivity contribution in [2.45, 2.75) is 13.3 Å². The van der Waals surface area contributed by atoms with E-state index in [-0.39, 0.29) is 0 Å². The fourth-order valence-electron chi connectivity index (χ4n) is 2.27. The average Bonchev–Trinajstić information content (AvgIpc) is 2.52. The fraction of sp³-hybridized carbons (Fsp3) is 0.118. The molecule has 0 amide bonds. The standard InChI is InChI=1S/C17H15ClN2O/c1-2-11-10-12(5-6-14(11)18)21-16-8-7-15(19)17-13(16)4-3-9-20-17/h3-10H,2,19H2,1H3. The van der Waals surface area contributed by atoms with Crippen molar-refractivity contribution in [1.29, 1.82) is 0 Å². The molecular weight excluding hydrogens is 284 g/mol. The number of nitrogens with two attached hydrogens (primary N) is 1. The largest absolute Gasteiger partial charge is 0.457 e. The highest BCUT2D eigenvalue weighted by atomic mass is 35.5. The van der Waals surface area contributed by atoms with Gasteiger partial charge in [0.1, 0.15) is 11.5 Å². The minimum Gasteiger partial charge on any atom is -0.457 e. The molecule has 1 heterocycles. The van der Waals surface area contributed by atoms with Gasteiger partial charge in [-0.15, -0.1) is 0 Å². The predicted octanol–water partition coefficient (Wildman–Crippen LogP) is 4.83. The van der Waals surface area contributed by atoms with Crippen LogP contribution in [-0.2, 0) is 6.42 Å². The number of ether oxygens (including phenoxy) is 1. The van der Waals surface area contributed by atoms with Crippen LogP contribution in [0.1, 0.15) is 12.5 Å². The van der Waals surface area contributed by atoms with E-state index in [1.807, 2.05) is 36.4 Å². The molecule has 0 saturated heterocycles. The maximum absolute atomic E-state index is 6.13. The highest BCUT2D eigenvalue weighted by Gasteiger charge is 2.08. The third-order valence-corrected chi connectivity index (χ3v) is 3.76. The molecule has 2 aromatic carbocycles. The van der Waals surface area contributed by atoms with E-state index < -0.39 is 0 Å². The molecule has 0 aliphatic heterocycles. The highest BCUT2D eigenvalue weighted by Crippen LogP contribution is 2.33. The third kappa shape index (κ3) is 2.65. The Morgan fingerprint density at radius 2 is 2.05 bits per heavy atom. The molecule has 4 heteroatoms. The second kappa shape index (κ2) is 5.62. The Labute approximate surface area is 128 Å². The topological polar surface area (TPSA) is 48.1 Å². The summed E-state index contributed by atoms with van der Waals surface area (Å²) in [7, 11) is 0. The maximum atomic E-state index is 6.13. The minimum atomic E-state index is 0.642. The summed E-state index contributed by atoms with van der Waals surface area (Å²) >= 11 is 6.13. The van der Waals surface area contributed by atoms with E-state index >= 15 is 0 Å². The van der Waals surface area contributed by atoms with Crippen molar-refractivity contribution in [3.8, 4) is 11.5 Å². The molecule has 3 aromatic rings. The van der Waals surface area contributed by atoms with Gasteiger partial charge < -0.3 is 10.5 Å². The number of nitrogen functional groups attached to an aromatic ring is 1. The summed E-state index contributed by atoms with van der Waals surface area (Å²) in [5.74, 6) is 1.49. The van der Waals surface area contributed by atoms with Gasteiger partial charge in [-0.05, 0) is 54.4 Å². The van der Waals surface area contributed by atoms with E-state index in [1.165, 1.54) is 0 Å². The van der Waals surface area contributed by atoms with Crippen LogP contribution in [0.2, 0.25) is 5.02 Å². The van der Waals surface area contributed by atoms with Gasteiger partial charge in [0.15, 0.2) is 0 Å². The Balaban J connectivity index is 2.04. The van der Waals surface area contributed by atoms with Gasteiger partial charge in [-0.3, -0.25) is 4.98 Å². The van der Waals surface area contributed by atoms with Crippen LogP contribution in [0.5, 0.6) is 11.5 Å². The number of aromatic nitrogens is 1.